The molecule has 0 radical (unpaired) electrons. The molecule has 1 atom stereocenters. The molecule has 1 N–H and O–H groups in total. The first-order valence-electron chi connectivity index (χ1n) is 6.44. The molecule has 0 bridgehead atoms. The molecule has 0 aromatic carbocycles. The van der Waals surface area contributed by atoms with Gasteiger partial charge in [0.05, 0.1) is 5.60 Å². The fraction of sp³-hybridized carbons (Fsp3) is 1.00. The van der Waals surface area contributed by atoms with Gasteiger partial charge >= 0.3 is 0 Å². The molecule has 1 aliphatic carbocycles. The van der Waals surface area contributed by atoms with Crippen molar-refractivity contribution in [1.82, 2.24) is 5.32 Å². The SMILES string of the molecule is CCC(CC)CC(NC)C1(OC)CCC1. The number of hydrogen-bond donors (Lipinski definition) is 1. The van der Waals surface area contributed by atoms with Crippen molar-refractivity contribution in [2.45, 2.75) is 64.0 Å². The van der Waals surface area contributed by atoms with E-state index >= 15 is 0 Å². The Morgan fingerprint density at radius 1 is 1.27 bits per heavy atom. The summed E-state index contributed by atoms with van der Waals surface area (Å²) in [7, 11) is 3.95. The van der Waals surface area contributed by atoms with Gasteiger partial charge in [0.15, 0.2) is 0 Å². The molecule has 0 saturated heterocycles. The Balaban J connectivity index is 2.54. The molecular weight excluding hydrogens is 186 g/mol. The summed E-state index contributed by atoms with van der Waals surface area (Å²) in [5.41, 5.74) is 0.150. The molecule has 0 spiro atoms. The van der Waals surface area contributed by atoms with E-state index in [9.17, 15) is 0 Å². The third-order valence-electron chi connectivity index (χ3n) is 4.31. The van der Waals surface area contributed by atoms with E-state index in [-0.39, 0.29) is 5.60 Å². The van der Waals surface area contributed by atoms with Crippen LogP contribution < -0.4 is 5.32 Å². The summed E-state index contributed by atoms with van der Waals surface area (Å²) in [6.07, 6.45) is 7.62. The van der Waals surface area contributed by atoms with Crippen molar-refractivity contribution in [2.24, 2.45) is 5.92 Å². The largest absolute Gasteiger partial charge is 0.377 e. The number of ether oxygens (including phenoxy) is 1. The Morgan fingerprint density at radius 3 is 2.13 bits per heavy atom. The first kappa shape index (κ1) is 13.0. The van der Waals surface area contributed by atoms with Crippen molar-refractivity contribution < 1.29 is 4.74 Å². The maximum atomic E-state index is 5.75. The van der Waals surface area contributed by atoms with Gasteiger partial charge in [-0.2, -0.15) is 0 Å². The summed E-state index contributed by atoms with van der Waals surface area (Å²) >= 11 is 0. The number of hydrogen-bond acceptors (Lipinski definition) is 2. The highest BCUT2D eigenvalue weighted by molar-refractivity contribution is 4.99. The van der Waals surface area contributed by atoms with Crippen LogP contribution in [0.3, 0.4) is 0 Å². The number of rotatable bonds is 7. The van der Waals surface area contributed by atoms with Gasteiger partial charge in [-0.25, -0.2) is 0 Å². The van der Waals surface area contributed by atoms with Gasteiger partial charge in [-0.1, -0.05) is 26.7 Å². The predicted octanol–water partition coefficient (Wildman–Crippen LogP) is 2.97. The van der Waals surface area contributed by atoms with Crippen LogP contribution in [0.25, 0.3) is 0 Å². The lowest BCUT2D eigenvalue weighted by Crippen LogP contribution is -2.56. The molecule has 0 aromatic heterocycles. The molecule has 1 fully saturated rings. The molecular formula is C13H27NO. The van der Waals surface area contributed by atoms with Crippen molar-refractivity contribution >= 4 is 0 Å². The summed E-state index contributed by atoms with van der Waals surface area (Å²) in [5, 5.41) is 3.47. The summed E-state index contributed by atoms with van der Waals surface area (Å²) in [5.74, 6) is 0.843. The first-order chi connectivity index (χ1) is 7.22. The fourth-order valence-corrected chi connectivity index (χ4v) is 2.77. The van der Waals surface area contributed by atoms with E-state index in [0.717, 1.165) is 5.92 Å². The molecule has 0 heterocycles. The molecule has 90 valence electrons. The third kappa shape index (κ3) is 2.73. The van der Waals surface area contributed by atoms with Gasteiger partial charge in [0.1, 0.15) is 0 Å². The second-order valence-corrected chi connectivity index (χ2v) is 4.88. The van der Waals surface area contributed by atoms with Crippen molar-refractivity contribution in [3.05, 3.63) is 0 Å². The van der Waals surface area contributed by atoms with Crippen LogP contribution in [0.4, 0.5) is 0 Å². The summed E-state index contributed by atoms with van der Waals surface area (Å²) < 4.78 is 5.75. The highest BCUT2D eigenvalue weighted by Crippen LogP contribution is 2.40. The van der Waals surface area contributed by atoms with Crippen LogP contribution in [0.2, 0.25) is 0 Å². The molecule has 1 rings (SSSR count). The highest BCUT2D eigenvalue weighted by atomic mass is 16.5. The molecule has 1 aliphatic rings. The van der Waals surface area contributed by atoms with E-state index in [1.807, 2.05) is 7.11 Å². The minimum absolute atomic E-state index is 0.150. The van der Waals surface area contributed by atoms with Crippen molar-refractivity contribution in [3.8, 4) is 0 Å². The topological polar surface area (TPSA) is 21.3 Å². The Morgan fingerprint density at radius 2 is 1.87 bits per heavy atom. The van der Waals surface area contributed by atoms with Crippen molar-refractivity contribution in [3.63, 3.8) is 0 Å². The van der Waals surface area contributed by atoms with Gasteiger partial charge in [0, 0.05) is 13.2 Å². The lowest BCUT2D eigenvalue weighted by atomic mass is 9.71. The quantitative estimate of drug-likeness (QED) is 0.702. The molecule has 15 heavy (non-hydrogen) atoms. The van der Waals surface area contributed by atoms with Crippen molar-refractivity contribution in [2.75, 3.05) is 14.2 Å². The van der Waals surface area contributed by atoms with Crippen LogP contribution in [0, 0.1) is 5.92 Å². The van der Waals surface area contributed by atoms with Crippen LogP contribution in [0.1, 0.15) is 52.4 Å². The molecule has 0 aliphatic heterocycles. The van der Waals surface area contributed by atoms with Gasteiger partial charge in [0.2, 0.25) is 0 Å². The molecule has 2 nitrogen and oxygen atoms in total. The lowest BCUT2D eigenvalue weighted by molar-refractivity contribution is -0.101. The fourth-order valence-electron chi connectivity index (χ4n) is 2.77. The van der Waals surface area contributed by atoms with Gasteiger partial charge in [-0.05, 0) is 38.6 Å². The zero-order valence-corrected chi connectivity index (χ0v) is 10.8. The van der Waals surface area contributed by atoms with Crippen LogP contribution in [0.5, 0.6) is 0 Å². The average molecular weight is 213 g/mol. The zero-order valence-electron chi connectivity index (χ0n) is 10.8. The van der Waals surface area contributed by atoms with E-state index in [4.69, 9.17) is 4.74 Å². The average Bonchev–Trinajstić information content (AvgIpc) is 2.22. The van der Waals surface area contributed by atoms with Gasteiger partial charge < -0.3 is 10.1 Å². The highest BCUT2D eigenvalue weighted by Gasteiger charge is 2.44. The zero-order chi connectivity index (χ0) is 11.3. The minimum atomic E-state index is 0.150. The third-order valence-corrected chi connectivity index (χ3v) is 4.31. The van der Waals surface area contributed by atoms with Crippen LogP contribution in [-0.4, -0.2) is 25.8 Å². The standard InChI is InChI=1S/C13H27NO/c1-5-11(6-2)10-12(14-3)13(15-4)8-7-9-13/h11-12,14H,5-10H2,1-4H3. The van der Waals surface area contributed by atoms with Gasteiger partial charge in [-0.3, -0.25) is 0 Å². The Labute approximate surface area is 94.8 Å². The van der Waals surface area contributed by atoms with E-state index in [1.54, 1.807) is 0 Å². The Kier molecular flexibility index (Phi) is 5.07. The number of methoxy groups -OCH3 is 1. The Hall–Kier alpha value is -0.0800. The second kappa shape index (κ2) is 5.86. The van der Waals surface area contributed by atoms with Gasteiger partial charge in [0.25, 0.3) is 0 Å². The smallest absolute Gasteiger partial charge is 0.0831 e. The molecule has 1 unspecified atom stereocenters. The Bertz CT molecular complexity index is 168. The first-order valence-corrected chi connectivity index (χ1v) is 6.44. The van der Waals surface area contributed by atoms with Crippen LogP contribution in [0.15, 0.2) is 0 Å². The number of likely N-dealkylation sites (N-methyl/N-ethyl adjacent to an activating group) is 1. The second-order valence-electron chi connectivity index (χ2n) is 4.88. The molecule has 1 saturated carbocycles. The summed E-state index contributed by atoms with van der Waals surface area (Å²) in [6.45, 7) is 4.59. The monoisotopic (exact) mass is 213 g/mol. The van der Waals surface area contributed by atoms with E-state index in [2.05, 4.69) is 26.2 Å². The van der Waals surface area contributed by atoms with Gasteiger partial charge in [-0.15, -0.1) is 0 Å². The molecule has 0 aromatic rings. The van der Waals surface area contributed by atoms with E-state index in [1.165, 1.54) is 38.5 Å². The number of nitrogens with one attached hydrogen (secondary N) is 1. The lowest BCUT2D eigenvalue weighted by Gasteiger charge is -2.47. The maximum Gasteiger partial charge on any atom is 0.0831 e. The maximum absolute atomic E-state index is 5.75. The molecule has 0 amide bonds. The summed E-state index contributed by atoms with van der Waals surface area (Å²) in [4.78, 5) is 0. The van der Waals surface area contributed by atoms with Crippen molar-refractivity contribution in [1.29, 1.82) is 0 Å². The van der Waals surface area contributed by atoms with E-state index in [0.29, 0.717) is 6.04 Å². The summed E-state index contributed by atoms with van der Waals surface area (Å²) in [6, 6.07) is 0.543. The normalized spacial score (nSPS) is 21.4. The predicted molar refractivity (Wildman–Crippen MR) is 65.1 cm³/mol. The van der Waals surface area contributed by atoms with Crippen LogP contribution >= 0.6 is 0 Å². The molecule has 2 heteroatoms. The van der Waals surface area contributed by atoms with E-state index < -0.39 is 0 Å². The van der Waals surface area contributed by atoms with Crippen LogP contribution in [-0.2, 0) is 4.74 Å². The minimum Gasteiger partial charge on any atom is -0.377 e.